The normalized spacial score (nSPS) is 22.7. The maximum Gasteiger partial charge on any atom is 0.253 e. The van der Waals surface area contributed by atoms with Crippen molar-refractivity contribution in [1.29, 1.82) is 0 Å². The van der Waals surface area contributed by atoms with Crippen molar-refractivity contribution in [3.63, 3.8) is 0 Å². The first kappa shape index (κ1) is 16.1. The van der Waals surface area contributed by atoms with Gasteiger partial charge in [0.05, 0.1) is 0 Å². The van der Waals surface area contributed by atoms with Crippen molar-refractivity contribution in [3.05, 3.63) is 53.8 Å². The summed E-state index contributed by atoms with van der Waals surface area (Å²) >= 11 is 0. The number of fused-ring (bicyclic) bond motifs is 2. The first-order chi connectivity index (χ1) is 12.1. The minimum Gasteiger partial charge on any atom is -0.507 e. The highest BCUT2D eigenvalue weighted by Crippen LogP contribution is 2.35. The van der Waals surface area contributed by atoms with E-state index in [1.165, 1.54) is 43.9 Å². The second kappa shape index (κ2) is 6.51. The number of carbonyl (C=O) groups excluding carboxylic acids is 1. The highest BCUT2D eigenvalue weighted by molar-refractivity contribution is 5.95. The zero-order valence-electron chi connectivity index (χ0n) is 14.1. The summed E-state index contributed by atoms with van der Waals surface area (Å²) in [4.78, 5) is 14.9. The average molecular weight is 339 g/mol. The van der Waals surface area contributed by atoms with Crippen LogP contribution < -0.4 is 0 Å². The van der Waals surface area contributed by atoms with Crippen molar-refractivity contribution in [3.8, 4) is 16.9 Å². The summed E-state index contributed by atoms with van der Waals surface area (Å²) in [5.41, 5.74) is 1.66. The van der Waals surface area contributed by atoms with Crippen LogP contribution >= 0.6 is 0 Å². The lowest BCUT2D eigenvalue weighted by molar-refractivity contribution is 0.0504. The Labute approximate surface area is 147 Å². The van der Waals surface area contributed by atoms with Gasteiger partial charge in [0.15, 0.2) is 0 Å². The molecule has 4 heteroatoms. The molecule has 1 aliphatic carbocycles. The summed E-state index contributed by atoms with van der Waals surface area (Å²) in [7, 11) is 0. The number of likely N-dealkylation sites (tertiary alicyclic amines) is 1. The number of halogens is 1. The fraction of sp³-hybridized carbons (Fsp3) is 0.381. The minimum absolute atomic E-state index is 0.0125. The molecule has 1 saturated heterocycles. The number of carbonyl (C=O) groups is 1. The van der Waals surface area contributed by atoms with Crippen LogP contribution in [0.4, 0.5) is 4.39 Å². The third kappa shape index (κ3) is 3.26. The Morgan fingerprint density at radius 1 is 1.08 bits per heavy atom. The summed E-state index contributed by atoms with van der Waals surface area (Å²) in [5.74, 6) is 0.903. The number of amides is 1. The molecule has 1 amide bonds. The van der Waals surface area contributed by atoms with Crippen molar-refractivity contribution < 1.29 is 14.3 Å². The van der Waals surface area contributed by atoms with Crippen molar-refractivity contribution in [2.24, 2.45) is 11.8 Å². The quantitative estimate of drug-likeness (QED) is 0.877. The van der Waals surface area contributed by atoms with Gasteiger partial charge in [-0.2, -0.15) is 0 Å². The predicted molar refractivity (Wildman–Crippen MR) is 94.9 cm³/mol. The lowest BCUT2D eigenvalue weighted by Gasteiger charge is -2.41. The molecule has 1 N–H and O–H groups in total. The van der Waals surface area contributed by atoms with Crippen LogP contribution in [0.2, 0.25) is 0 Å². The van der Waals surface area contributed by atoms with Gasteiger partial charge in [0.25, 0.3) is 5.91 Å². The van der Waals surface area contributed by atoms with Gasteiger partial charge in [0.1, 0.15) is 11.6 Å². The molecule has 2 unspecified atom stereocenters. The molecule has 4 rings (SSSR count). The summed E-state index contributed by atoms with van der Waals surface area (Å²) < 4.78 is 13.5. The van der Waals surface area contributed by atoms with Gasteiger partial charge in [-0.05, 0) is 67.0 Å². The minimum atomic E-state index is -0.409. The number of aromatic hydroxyl groups is 1. The molecule has 25 heavy (non-hydrogen) atoms. The first-order valence-corrected chi connectivity index (χ1v) is 8.98. The summed E-state index contributed by atoms with van der Waals surface area (Å²) in [5, 5.41) is 10.0. The number of hydrogen-bond acceptors (Lipinski definition) is 2. The number of piperidine rings is 1. The van der Waals surface area contributed by atoms with Crippen LogP contribution in [0.5, 0.6) is 5.75 Å². The Balaban J connectivity index is 1.61. The highest BCUT2D eigenvalue weighted by Gasteiger charge is 2.33. The van der Waals surface area contributed by atoms with E-state index in [4.69, 9.17) is 0 Å². The molecule has 2 atom stereocenters. The third-order valence-electron chi connectivity index (χ3n) is 5.51. The summed E-state index contributed by atoms with van der Waals surface area (Å²) in [6, 6.07) is 11.0. The van der Waals surface area contributed by atoms with Gasteiger partial charge in [0.2, 0.25) is 0 Å². The standard InChI is InChI=1S/C21H22FNO2/c22-18-7-8-20(24)19(11-18)16-5-2-6-17(10-16)21(25)23-12-14-3-1-4-15(9-14)13-23/h2,5-8,10-11,14-15,24H,1,3-4,9,12-13H2. The second-order valence-electron chi connectivity index (χ2n) is 7.35. The van der Waals surface area contributed by atoms with Gasteiger partial charge in [-0.3, -0.25) is 4.79 Å². The molecule has 130 valence electrons. The fourth-order valence-corrected chi connectivity index (χ4v) is 4.34. The second-order valence-corrected chi connectivity index (χ2v) is 7.35. The van der Waals surface area contributed by atoms with Crippen LogP contribution in [0.1, 0.15) is 36.0 Å². The van der Waals surface area contributed by atoms with Gasteiger partial charge in [-0.15, -0.1) is 0 Å². The van der Waals surface area contributed by atoms with E-state index >= 15 is 0 Å². The van der Waals surface area contributed by atoms with Gasteiger partial charge < -0.3 is 10.0 Å². The van der Waals surface area contributed by atoms with E-state index in [-0.39, 0.29) is 11.7 Å². The Morgan fingerprint density at radius 3 is 2.60 bits per heavy atom. The number of hydrogen-bond donors (Lipinski definition) is 1. The van der Waals surface area contributed by atoms with Crippen molar-refractivity contribution >= 4 is 5.91 Å². The third-order valence-corrected chi connectivity index (χ3v) is 5.51. The van der Waals surface area contributed by atoms with Crippen LogP contribution in [0.25, 0.3) is 11.1 Å². The van der Waals surface area contributed by atoms with Crippen LogP contribution in [0.3, 0.4) is 0 Å². The Morgan fingerprint density at radius 2 is 1.84 bits per heavy atom. The average Bonchev–Trinajstić information content (AvgIpc) is 2.63. The van der Waals surface area contributed by atoms with E-state index in [2.05, 4.69) is 0 Å². The molecular formula is C21H22FNO2. The van der Waals surface area contributed by atoms with Crippen LogP contribution in [0.15, 0.2) is 42.5 Å². The van der Waals surface area contributed by atoms with Crippen LogP contribution in [-0.2, 0) is 0 Å². The van der Waals surface area contributed by atoms with E-state index in [0.29, 0.717) is 28.5 Å². The highest BCUT2D eigenvalue weighted by atomic mass is 19.1. The van der Waals surface area contributed by atoms with Gasteiger partial charge in [0, 0.05) is 24.2 Å². The Bertz CT molecular complexity index is 792. The molecule has 2 fully saturated rings. The summed E-state index contributed by atoms with van der Waals surface area (Å²) in [6.07, 6.45) is 4.97. The zero-order chi connectivity index (χ0) is 17.4. The van der Waals surface area contributed by atoms with E-state index in [9.17, 15) is 14.3 Å². The molecule has 2 aliphatic rings. The number of phenols is 1. The topological polar surface area (TPSA) is 40.5 Å². The van der Waals surface area contributed by atoms with E-state index < -0.39 is 5.82 Å². The monoisotopic (exact) mass is 339 g/mol. The molecule has 1 heterocycles. The summed E-state index contributed by atoms with van der Waals surface area (Å²) in [6.45, 7) is 1.68. The molecule has 2 aromatic rings. The lowest BCUT2D eigenvalue weighted by atomic mass is 9.78. The maximum atomic E-state index is 13.5. The van der Waals surface area contributed by atoms with E-state index in [0.717, 1.165) is 13.1 Å². The zero-order valence-corrected chi connectivity index (χ0v) is 14.1. The van der Waals surface area contributed by atoms with Gasteiger partial charge in [-0.25, -0.2) is 4.39 Å². The number of phenolic OH excluding ortho intramolecular Hbond substituents is 1. The van der Waals surface area contributed by atoms with Crippen LogP contribution in [0, 0.1) is 17.7 Å². The first-order valence-electron chi connectivity index (χ1n) is 8.98. The van der Waals surface area contributed by atoms with Gasteiger partial charge >= 0.3 is 0 Å². The van der Waals surface area contributed by atoms with Crippen molar-refractivity contribution in [2.75, 3.05) is 13.1 Å². The smallest absolute Gasteiger partial charge is 0.253 e. The largest absolute Gasteiger partial charge is 0.507 e. The van der Waals surface area contributed by atoms with Crippen molar-refractivity contribution in [1.82, 2.24) is 4.90 Å². The maximum absolute atomic E-state index is 13.5. The molecule has 1 aliphatic heterocycles. The molecular weight excluding hydrogens is 317 g/mol. The molecule has 2 bridgehead atoms. The van der Waals surface area contributed by atoms with Crippen LogP contribution in [-0.4, -0.2) is 29.0 Å². The number of nitrogens with zero attached hydrogens (tertiary/aromatic N) is 1. The van der Waals surface area contributed by atoms with Gasteiger partial charge in [-0.1, -0.05) is 18.6 Å². The number of rotatable bonds is 2. The predicted octanol–water partition coefficient (Wildman–Crippen LogP) is 4.46. The fourth-order valence-electron chi connectivity index (χ4n) is 4.34. The molecule has 0 spiro atoms. The molecule has 2 aromatic carbocycles. The van der Waals surface area contributed by atoms with E-state index in [1.807, 2.05) is 4.90 Å². The molecule has 0 radical (unpaired) electrons. The number of benzene rings is 2. The SMILES string of the molecule is O=C(c1cccc(-c2cc(F)ccc2O)c1)N1CC2CCCC(C2)C1. The van der Waals surface area contributed by atoms with E-state index in [1.54, 1.807) is 24.3 Å². The lowest BCUT2D eigenvalue weighted by Crippen LogP contribution is -2.45. The Hall–Kier alpha value is -2.36. The molecule has 0 aromatic heterocycles. The molecule has 3 nitrogen and oxygen atoms in total. The van der Waals surface area contributed by atoms with Crippen molar-refractivity contribution in [2.45, 2.75) is 25.7 Å². The molecule has 1 saturated carbocycles. The Kier molecular flexibility index (Phi) is 4.20.